The van der Waals surface area contributed by atoms with Gasteiger partial charge in [0.05, 0.1) is 13.0 Å². The summed E-state index contributed by atoms with van der Waals surface area (Å²) in [5, 5.41) is 16.7. The Balaban J connectivity index is 1.81. The highest BCUT2D eigenvalue weighted by Gasteiger charge is 2.13. The molecule has 1 aromatic carbocycles. The summed E-state index contributed by atoms with van der Waals surface area (Å²) in [6.07, 6.45) is 0.281. The maximum absolute atomic E-state index is 12.1. The minimum Gasteiger partial charge on any atom is -0.450 e. The normalized spacial score (nSPS) is 11.5. The second kappa shape index (κ2) is 10.1. The summed E-state index contributed by atoms with van der Waals surface area (Å²) in [6, 6.07) is 8.43. The fraction of sp³-hybridized carbons (Fsp3) is 0.368. The lowest BCUT2D eigenvalue weighted by Crippen LogP contribution is -2.42. The van der Waals surface area contributed by atoms with Crippen LogP contribution in [0.15, 0.2) is 34.9 Å². The van der Waals surface area contributed by atoms with Crippen molar-refractivity contribution in [1.29, 1.82) is 5.41 Å². The summed E-state index contributed by atoms with van der Waals surface area (Å²) in [6.45, 7) is 4.31. The van der Waals surface area contributed by atoms with E-state index in [0.717, 1.165) is 12.0 Å². The van der Waals surface area contributed by atoms with Gasteiger partial charge in [-0.1, -0.05) is 36.3 Å². The molecule has 0 unspecified atom stereocenters. The van der Waals surface area contributed by atoms with E-state index in [0.29, 0.717) is 23.6 Å². The Bertz CT molecular complexity index is 816. The Kier molecular flexibility index (Phi) is 7.55. The molecule has 0 aliphatic rings. The van der Waals surface area contributed by atoms with Crippen molar-refractivity contribution in [3.8, 4) is 11.3 Å². The zero-order valence-electron chi connectivity index (χ0n) is 16.0. The van der Waals surface area contributed by atoms with Gasteiger partial charge >= 0.3 is 6.09 Å². The molecular formula is C19H25N5O4. The van der Waals surface area contributed by atoms with Gasteiger partial charge in [-0.25, -0.2) is 4.79 Å². The molecule has 2 amide bonds. The van der Waals surface area contributed by atoms with E-state index >= 15 is 0 Å². The minimum absolute atomic E-state index is 0.00796. The second-order valence-electron chi connectivity index (χ2n) is 6.33. The van der Waals surface area contributed by atoms with E-state index in [2.05, 4.69) is 15.8 Å². The predicted octanol–water partition coefficient (Wildman–Crippen LogP) is 1.81. The molecule has 0 bridgehead atoms. The minimum atomic E-state index is -0.501. The Hall–Kier alpha value is -3.36. The number of nitrogens with one attached hydrogen (secondary N) is 3. The second-order valence-corrected chi connectivity index (χ2v) is 6.33. The summed E-state index contributed by atoms with van der Waals surface area (Å²) in [5.74, 6) is 0.169. The van der Waals surface area contributed by atoms with Crippen LogP contribution in [0.4, 0.5) is 4.79 Å². The molecule has 1 atom stereocenters. The molecule has 0 fully saturated rings. The number of amides is 2. The number of nitrogens with zero attached hydrogens (tertiary/aromatic N) is 1. The fourth-order valence-corrected chi connectivity index (χ4v) is 2.33. The van der Waals surface area contributed by atoms with Crippen molar-refractivity contribution < 1.29 is 18.8 Å². The van der Waals surface area contributed by atoms with E-state index in [1.165, 1.54) is 0 Å². The van der Waals surface area contributed by atoms with Gasteiger partial charge in [0.15, 0.2) is 0 Å². The molecule has 150 valence electrons. The quantitative estimate of drug-likeness (QED) is 0.382. The number of nitrogens with two attached hydrogens (primary N) is 1. The van der Waals surface area contributed by atoms with Crippen LogP contribution >= 0.6 is 0 Å². The molecule has 9 nitrogen and oxygen atoms in total. The molecule has 1 heterocycles. The number of alkyl carbamates (subject to hydrolysis) is 1. The average molecular weight is 387 g/mol. The largest absolute Gasteiger partial charge is 0.450 e. The van der Waals surface area contributed by atoms with Crippen LogP contribution in [-0.4, -0.2) is 42.2 Å². The van der Waals surface area contributed by atoms with Crippen molar-refractivity contribution >= 4 is 17.8 Å². The average Bonchev–Trinajstić information content (AvgIpc) is 3.13. The van der Waals surface area contributed by atoms with Crippen LogP contribution < -0.4 is 16.4 Å². The molecule has 0 aliphatic carbocycles. The van der Waals surface area contributed by atoms with E-state index in [1.807, 2.05) is 6.92 Å². The molecule has 1 aromatic heterocycles. The highest BCUT2D eigenvalue weighted by atomic mass is 16.5. The number of hydrogen-bond donors (Lipinski definition) is 4. The number of hydrogen-bond acceptors (Lipinski definition) is 6. The van der Waals surface area contributed by atoms with Crippen molar-refractivity contribution in [2.75, 3.05) is 13.2 Å². The molecule has 28 heavy (non-hydrogen) atoms. The summed E-state index contributed by atoms with van der Waals surface area (Å²) >= 11 is 0. The van der Waals surface area contributed by atoms with Gasteiger partial charge in [-0.2, -0.15) is 0 Å². The highest BCUT2D eigenvalue weighted by Crippen LogP contribution is 2.20. The molecular weight excluding hydrogens is 362 g/mol. The van der Waals surface area contributed by atoms with E-state index in [-0.39, 0.29) is 30.8 Å². The van der Waals surface area contributed by atoms with Crippen LogP contribution in [0.1, 0.15) is 31.6 Å². The van der Waals surface area contributed by atoms with E-state index < -0.39 is 6.09 Å². The molecule has 5 N–H and O–H groups in total. The van der Waals surface area contributed by atoms with Gasteiger partial charge in [0.1, 0.15) is 17.3 Å². The van der Waals surface area contributed by atoms with Crippen molar-refractivity contribution in [2.45, 2.75) is 32.7 Å². The molecule has 9 heteroatoms. The number of aromatic nitrogens is 1. The lowest BCUT2D eigenvalue weighted by Gasteiger charge is -2.14. The number of nitrogen functional groups attached to an aromatic ring is 1. The van der Waals surface area contributed by atoms with Crippen molar-refractivity contribution in [3.05, 3.63) is 41.7 Å². The number of carbonyl (C=O) groups excluding carboxylic acids is 2. The number of benzene rings is 1. The van der Waals surface area contributed by atoms with E-state index in [1.54, 1.807) is 37.3 Å². The van der Waals surface area contributed by atoms with Crippen molar-refractivity contribution in [1.82, 2.24) is 15.8 Å². The Morgan fingerprint density at radius 1 is 1.32 bits per heavy atom. The Labute approximate surface area is 163 Å². The van der Waals surface area contributed by atoms with Gasteiger partial charge < -0.3 is 25.6 Å². The molecule has 0 radical (unpaired) electrons. The summed E-state index contributed by atoms with van der Waals surface area (Å²) in [4.78, 5) is 23.5. The number of carbonyl (C=O) groups is 2. The van der Waals surface area contributed by atoms with Gasteiger partial charge in [0.2, 0.25) is 5.91 Å². The maximum Gasteiger partial charge on any atom is 0.407 e. The van der Waals surface area contributed by atoms with Crippen molar-refractivity contribution in [2.24, 2.45) is 5.73 Å². The van der Waals surface area contributed by atoms with Crippen LogP contribution in [-0.2, 0) is 16.0 Å². The first-order chi connectivity index (χ1) is 13.4. The molecule has 0 saturated carbocycles. The van der Waals surface area contributed by atoms with Crippen LogP contribution in [0.3, 0.4) is 0 Å². The standard InChI is InChI=1S/C19H25N5O4/c1-3-8-27-19(26)23-12(2)11-22-17(25)10-15-9-16(24-28-15)13-4-6-14(7-5-13)18(20)21/h4-7,9,12H,3,8,10-11H2,1-2H3,(H3,20,21)(H,22,25)(H,23,26)/t12-/m1/s1. The third kappa shape index (κ3) is 6.42. The van der Waals surface area contributed by atoms with Crippen LogP contribution in [0.2, 0.25) is 0 Å². The summed E-state index contributed by atoms with van der Waals surface area (Å²) in [5.41, 5.74) is 7.44. The lowest BCUT2D eigenvalue weighted by molar-refractivity contribution is -0.120. The zero-order chi connectivity index (χ0) is 20.5. The maximum atomic E-state index is 12.1. The highest BCUT2D eigenvalue weighted by molar-refractivity contribution is 5.95. The van der Waals surface area contributed by atoms with Gasteiger partial charge in [0.25, 0.3) is 0 Å². The number of ether oxygens (including phenoxy) is 1. The lowest BCUT2D eigenvalue weighted by atomic mass is 10.1. The third-order valence-corrected chi connectivity index (χ3v) is 3.79. The SMILES string of the molecule is CCCOC(=O)N[C@H](C)CNC(=O)Cc1cc(-c2ccc(C(=N)N)cc2)no1. The van der Waals surface area contributed by atoms with Gasteiger partial charge in [0, 0.05) is 29.8 Å². The van der Waals surface area contributed by atoms with Crippen LogP contribution in [0.5, 0.6) is 0 Å². The van der Waals surface area contributed by atoms with Gasteiger partial charge in [-0.3, -0.25) is 10.2 Å². The molecule has 0 aliphatic heterocycles. The van der Waals surface area contributed by atoms with Crippen LogP contribution in [0, 0.1) is 5.41 Å². The molecule has 0 spiro atoms. The van der Waals surface area contributed by atoms with Crippen molar-refractivity contribution in [3.63, 3.8) is 0 Å². The molecule has 2 aromatic rings. The van der Waals surface area contributed by atoms with Gasteiger partial charge in [-0.05, 0) is 13.3 Å². The fourth-order valence-electron chi connectivity index (χ4n) is 2.33. The first kappa shape index (κ1) is 20.9. The summed E-state index contributed by atoms with van der Waals surface area (Å²) < 4.78 is 10.1. The number of rotatable bonds is 9. The third-order valence-electron chi connectivity index (χ3n) is 3.79. The molecule has 2 rings (SSSR count). The topological polar surface area (TPSA) is 143 Å². The van der Waals surface area contributed by atoms with E-state index in [9.17, 15) is 9.59 Å². The van der Waals surface area contributed by atoms with Crippen LogP contribution in [0.25, 0.3) is 11.3 Å². The first-order valence-electron chi connectivity index (χ1n) is 8.99. The summed E-state index contributed by atoms with van der Waals surface area (Å²) in [7, 11) is 0. The predicted molar refractivity (Wildman–Crippen MR) is 104 cm³/mol. The smallest absolute Gasteiger partial charge is 0.407 e. The zero-order valence-corrected chi connectivity index (χ0v) is 16.0. The van der Waals surface area contributed by atoms with E-state index in [4.69, 9.17) is 20.4 Å². The molecule has 0 saturated heterocycles. The first-order valence-corrected chi connectivity index (χ1v) is 8.99. The number of amidine groups is 1. The van der Waals surface area contributed by atoms with Gasteiger partial charge in [-0.15, -0.1) is 0 Å². The Morgan fingerprint density at radius 3 is 2.68 bits per heavy atom. The monoisotopic (exact) mass is 387 g/mol. The Morgan fingerprint density at radius 2 is 2.04 bits per heavy atom.